The van der Waals surface area contributed by atoms with Crippen molar-refractivity contribution in [3.63, 3.8) is 0 Å². The summed E-state index contributed by atoms with van der Waals surface area (Å²) in [5.74, 6) is 0.759. The van der Waals surface area contributed by atoms with Crippen LogP contribution in [0.15, 0.2) is 127 Å². The van der Waals surface area contributed by atoms with Gasteiger partial charge in [-0.2, -0.15) is 0 Å². The minimum absolute atomic E-state index is 0.0191. The van der Waals surface area contributed by atoms with E-state index < -0.39 is 5.54 Å². The van der Waals surface area contributed by atoms with Crippen molar-refractivity contribution in [2.75, 3.05) is 19.0 Å². The van der Waals surface area contributed by atoms with Crippen LogP contribution in [0, 0.1) is 0 Å². The van der Waals surface area contributed by atoms with E-state index in [9.17, 15) is 5.11 Å². The van der Waals surface area contributed by atoms with Crippen molar-refractivity contribution < 1.29 is 5.11 Å². The van der Waals surface area contributed by atoms with Crippen LogP contribution in [0.3, 0.4) is 0 Å². The number of pyridine rings is 1. The molecular weight excluding hydrogens is 506 g/mol. The molecule has 2 N–H and O–H groups in total. The van der Waals surface area contributed by atoms with Crippen molar-refractivity contribution in [1.29, 1.82) is 0 Å². The third-order valence-corrected chi connectivity index (χ3v) is 7.82. The molecular formula is C35H33N5O. The molecule has 0 aliphatic rings. The Kier molecular flexibility index (Phi) is 7.56. The van der Waals surface area contributed by atoms with E-state index in [2.05, 4.69) is 108 Å². The predicted molar refractivity (Wildman–Crippen MR) is 164 cm³/mol. The smallest absolute Gasteiger partial charge is 0.182 e. The van der Waals surface area contributed by atoms with Crippen molar-refractivity contribution in [3.05, 3.63) is 155 Å². The normalized spacial score (nSPS) is 12.3. The van der Waals surface area contributed by atoms with Gasteiger partial charge in [-0.25, -0.2) is 9.67 Å². The lowest BCUT2D eigenvalue weighted by Crippen LogP contribution is -2.39. The molecule has 6 heteroatoms. The molecule has 204 valence electrons. The van der Waals surface area contributed by atoms with Crippen molar-refractivity contribution in [2.24, 2.45) is 0 Å². The quantitative estimate of drug-likeness (QED) is 0.192. The Bertz CT molecular complexity index is 1610. The van der Waals surface area contributed by atoms with Crippen LogP contribution in [0.4, 0.5) is 5.82 Å². The highest BCUT2D eigenvalue weighted by molar-refractivity contribution is 5.79. The first-order valence-electron chi connectivity index (χ1n) is 14.0. The molecule has 2 aromatic heterocycles. The van der Waals surface area contributed by atoms with E-state index in [0.717, 1.165) is 40.0 Å². The summed E-state index contributed by atoms with van der Waals surface area (Å²) in [5.41, 5.74) is 5.99. The molecule has 1 atom stereocenters. The second-order valence-electron chi connectivity index (χ2n) is 10.2. The summed E-state index contributed by atoms with van der Waals surface area (Å²) in [7, 11) is 1.89. The molecule has 6 aromatic rings. The summed E-state index contributed by atoms with van der Waals surface area (Å²) < 4.78 is 1.99. The number of nitrogens with zero attached hydrogens (tertiary/aromatic N) is 4. The lowest BCUT2D eigenvalue weighted by atomic mass is 9.77. The fourth-order valence-corrected chi connectivity index (χ4v) is 5.93. The minimum Gasteiger partial charge on any atom is -0.396 e. The molecule has 0 fully saturated rings. The van der Waals surface area contributed by atoms with Crippen LogP contribution in [0.25, 0.3) is 11.2 Å². The molecule has 2 heterocycles. The zero-order valence-electron chi connectivity index (χ0n) is 23.1. The first-order chi connectivity index (χ1) is 20.3. The van der Waals surface area contributed by atoms with Crippen LogP contribution < -0.4 is 5.32 Å². The van der Waals surface area contributed by atoms with Crippen molar-refractivity contribution in [1.82, 2.24) is 20.0 Å². The number of aliphatic hydroxyl groups is 1. The third kappa shape index (κ3) is 4.77. The number of aliphatic hydroxyl groups excluding tert-OH is 1. The summed E-state index contributed by atoms with van der Waals surface area (Å²) in [4.78, 5) is 5.09. The molecule has 0 radical (unpaired) electrons. The van der Waals surface area contributed by atoms with Crippen molar-refractivity contribution in [3.8, 4) is 0 Å². The minimum atomic E-state index is -0.831. The number of fused-ring (bicyclic) bond motifs is 1. The standard InChI is InChI=1S/C35H33N5O/c1-36-32-25-31(30(23-14-24-41)26-15-6-2-7-16-26)33-34(37-32)40(39-38-33)35(27-17-8-3-9-18-27,28-19-10-4-11-20-28)29-21-12-5-13-22-29/h2-13,15-22,25,30,41H,14,23-24H2,1H3,(H,36,37)/t30-/m1/s1. The number of aromatic nitrogens is 4. The number of anilines is 1. The highest BCUT2D eigenvalue weighted by Crippen LogP contribution is 2.43. The van der Waals surface area contributed by atoms with Gasteiger partial charge in [0.05, 0.1) is 0 Å². The maximum Gasteiger partial charge on any atom is 0.182 e. The largest absolute Gasteiger partial charge is 0.396 e. The average Bonchev–Trinajstić information content (AvgIpc) is 3.48. The molecule has 6 nitrogen and oxygen atoms in total. The molecule has 0 saturated heterocycles. The van der Waals surface area contributed by atoms with Crippen LogP contribution in [0.1, 0.15) is 46.6 Å². The van der Waals surface area contributed by atoms with Crippen LogP contribution >= 0.6 is 0 Å². The zero-order valence-corrected chi connectivity index (χ0v) is 23.1. The summed E-state index contributed by atoms with van der Waals surface area (Å²) >= 11 is 0. The summed E-state index contributed by atoms with van der Waals surface area (Å²) in [6.45, 7) is 0.127. The van der Waals surface area contributed by atoms with Gasteiger partial charge in [0.15, 0.2) is 5.65 Å². The van der Waals surface area contributed by atoms with Gasteiger partial charge in [0, 0.05) is 19.6 Å². The van der Waals surface area contributed by atoms with E-state index in [1.165, 1.54) is 5.56 Å². The van der Waals surface area contributed by atoms with Gasteiger partial charge in [-0.3, -0.25) is 0 Å². The Labute approximate surface area is 240 Å². The SMILES string of the molecule is CNc1cc([C@H](CCCO)c2ccccc2)c2nnn(C(c3ccccc3)(c3ccccc3)c3ccccc3)c2n1. The topological polar surface area (TPSA) is 75.9 Å². The van der Waals surface area contributed by atoms with Gasteiger partial charge in [-0.05, 0) is 46.7 Å². The average molecular weight is 540 g/mol. The molecule has 0 spiro atoms. The predicted octanol–water partition coefficient (Wildman–Crippen LogP) is 6.61. The highest BCUT2D eigenvalue weighted by Gasteiger charge is 2.41. The highest BCUT2D eigenvalue weighted by atomic mass is 16.2. The molecule has 0 amide bonds. The van der Waals surface area contributed by atoms with Gasteiger partial charge in [0.1, 0.15) is 16.9 Å². The van der Waals surface area contributed by atoms with Crippen LogP contribution in [-0.2, 0) is 5.54 Å². The number of nitrogens with one attached hydrogen (secondary N) is 1. The van der Waals surface area contributed by atoms with Crippen LogP contribution in [0.5, 0.6) is 0 Å². The van der Waals surface area contributed by atoms with E-state index in [1.54, 1.807) is 0 Å². The van der Waals surface area contributed by atoms with Gasteiger partial charge in [0.25, 0.3) is 0 Å². The van der Waals surface area contributed by atoms with E-state index in [-0.39, 0.29) is 12.5 Å². The van der Waals surface area contributed by atoms with Crippen molar-refractivity contribution in [2.45, 2.75) is 24.3 Å². The van der Waals surface area contributed by atoms with Gasteiger partial charge >= 0.3 is 0 Å². The first-order valence-corrected chi connectivity index (χ1v) is 14.0. The lowest BCUT2D eigenvalue weighted by molar-refractivity contribution is 0.282. The monoisotopic (exact) mass is 539 g/mol. The van der Waals surface area contributed by atoms with E-state index in [4.69, 9.17) is 15.3 Å². The molecule has 0 unspecified atom stereocenters. The van der Waals surface area contributed by atoms with Gasteiger partial charge in [0.2, 0.25) is 0 Å². The second-order valence-corrected chi connectivity index (χ2v) is 10.2. The Hall–Kier alpha value is -4.81. The summed E-state index contributed by atoms with van der Waals surface area (Å²) in [6.07, 6.45) is 1.45. The first kappa shape index (κ1) is 26.4. The molecule has 0 bridgehead atoms. The fraction of sp³-hybridized carbons (Fsp3) is 0.171. The Balaban J connectivity index is 1.70. The molecule has 4 aromatic carbocycles. The van der Waals surface area contributed by atoms with Gasteiger partial charge in [-0.15, -0.1) is 5.10 Å². The Morgan fingerprint density at radius 3 is 1.76 bits per heavy atom. The third-order valence-electron chi connectivity index (χ3n) is 7.82. The van der Waals surface area contributed by atoms with Gasteiger partial charge in [-0.1, -0.05) is 127 Å². The Morgan fingerprint density at radius 1 is 0.756 bits per heavy atom. The maximum atomic E-state index is 9.76. The molecule has 0 aliphatic carbocycles. The Morgan fingerprint density at radius 2 is 1.27 bits per heavy atom. The molecule has 0 saturated carbocycles. The van der Waals surface area contributed by atoms with Crippen LogP contribution in [-0.4, -0.2) is 38.7 Å². The van der Waals surface area contributed by atoms with E-state index in [1.807, 2.05) is 36.0 Å². The second kappa shape index (κ2) is 11.7. The molecule has 6 rings (SSSR count). The van der Waals surface area contributed by atoms with Gasteiger partial charge < -0.3 is 10.4 Å². The van der Waals surface area contributed by atoms with E-state index in [0.29, 0.717) is 12.1 Å². The van der Waals surface area contributed by atoms with Crippen molar-refractivity contribution >= 4 is 17.0 Å². The fourth-order valence-electron chi connectivity index (χ4n) is 5.93. The van der Waals surface area contributed by atoms with E-state index >= 15 is 0 Å². The lowest BCUT2D eigenvalue weighted by Gasteiger charge is -2.36. The summed E-state index contributed by atoms with van der Waals surface area (Å²) in [5, 5.41) is 22.8. The maximum absolute atomic E-state index is 9.76. The zero-order chi connectivity index (χ0) is 28.1. The number of hydrogen-bond donors (Lipinski definition) is 2. The number of hydrogen-bond acceptors (Lipinski definition) is 5. The summed E-state index contributed by atoms with van der Waals surface area (Å²) in [6, 6.07) is 43.8. The molecule has 41 heavy (non-hydrogen) atoms. The number of rotatable bonds is 10. The number of benzene rings is 4. The molecule has 0 aliphatic heterocycles. The van der Waals surface area contributed by atoms with Crippen LogP contribution in [0.2, 0.25) is 0 Å².